The molecule has 1 fully saturated rings. The molecule has 3 nitrogen and oxygen atoms in total. The number of halogens is 1. The summed E-state index contributed by atoms with van der Waals surface area (Å²) in [5, 5.41) is 0. The van der Waals surface area contributed by atoms with Crippen molar-refractivity contribution in [1.82, 2.24) is 4.90 Å². The molecule has 4 heteroatoms. The number of benzene rings is 1. The number of nitrogens with zero attached hydrogens (tertiary/aromatic N) is 1. The molecular weight excluding hydrogens is 268 g/mol. The van der Waals surface area contributed by atoms with Crippen LogP contribution in [0.2, 0.25) is 0 Å². The molecule has 0 aliphatic carbocycles. The molecule has 0 amide bonds. The molecule has 2 rings (SSSR count). The number of hydrogen-bond acceptors (Lipinski definition) is 3. The highest BCUT2D eigenvalue weighted by Crippen LogP contribution is 2.24. The van der Waals surface area contributed by atoms with E-state index in [4.69, 9.17) is 10.5 Å². The SMILES string of the molecule is NCCN1CCOC(c2cccc(Br)c2)C1. The van der Waals surface area contributed by atoms with Crippen molar-refractivity contribution in [2.75, 3.05) is 32.8 Å². The van der Waals surface area contributed by atoms with E-state index < -0.39 is 0 Å². The lowest BCUT2D eigenvalue weighted by atomic mass is 10.1. The lowest BCUT2D eigenvalue weighted by Crippen LogP contribution is -2.40. The number of nitrogens with two attached hydrogens (primary N) is 1. The van der Waals surface area contributed by atoms with Crippen LogP contribution in [0.25, 0.3) is 0 Å². The van der Waals surface area contributed by atoms with Gasteiger partial charge in [0.05, 0.1) is 12.7 Å². The van der Waals surface area contributed by atoms with Crippen molar-refractivity contribution in [2.24, 2.45) is 5.73 Å². The van der Waals surface area contributed by atoms with Gasteiger partial charge in [0, 0.05) is 30.7 Å². The molecule has 1 aliphatic rings. The number of hydrogen-bond donors (Lipinski definition) is 1. The van der Waals surface area contributed by atoms with Gasteiger partial charge >= 0.3 is 0 Å². The van der Waals surface area contributed by atoms with E-state index >= 15 is 0 Å². The normalized spacial score (nSPS) is 22.2. The van der Waals surface area contributed by atoms with E-state index in [0.29, 0.717) is 6.54 Å². The van der Waals surface area contributed by atoms with Crippen LogP contribution in [0.4, 0.5) is 0 Å². The first-order chi connectivity index (χ1) is 7.79. The van der Waals surface area contributed by atoms with Crippen molar-refractivity contribution >= 4 is 15.9 Å². The van der Waals surface area contributed by atoms with Crippen molar-refractivity contribution in [3.63, 3.8) is 0 Å². The predicted molar refractivity (Wildman–Crippen MR) is 68.3 cm³/mol. The topological polar surface area (TPSA) is 38.5 Å². The summed E-state index contributed by atoms with van der Waals surface area (Å²) in [7, 11) is 0. The van der Waals surface area contributed by atoms with Crippen LogP contribution in [0, 0.1) is 0 Å². The minimum atomic E-state index is 0.179. The average molecular weight is 285 g/mol. The molecule has 0 bridgehead atoms. The Morgan fingerprint density at radius 3 is 3.12 bits per heavy atom. The van der Waals surface area contributed by atoms with E-state index in [-0.39, 0.29) is 6.10 Å². The van der Waals surface area contributed by atoms with Crippen molar-refractivity contribution in [1.29, 1.82) is 0 Å². The van der Waals surface area contributed by atoms with Gasteiger partial charge in [-0.1, -0.05) is 28.1 Å². The fourth-order valence-electron chi connectivity index (χ4n) is 2.00. The third-order valence-electron chi connectivity index (χ3n) is 2.82. The minimum absolute atomic E-state index is 0.179. The van der Waals surface area contributed by atoms with E-state index in [9.17, 15) is 0 Å². The van der Waals surface area contributed by atoms with Gasteiger partial charge in [0.15, 0.2) is 0 Å². The average Bonchev–Trinajstić information content (AvgIpc) is 2.30. The first-order valence-corrected chi connectivity index (χ1v) is 6.38. The molecule has 1 heterocycles. The Kier molecular flexibility index (Phi) is 4.35. The molecular formula is C12H17BrN2O. The van der Waals surface area contributed by atoms with E-state index in [1.54, 1.807) is 0 Å². The molecule has 2 N–H and O–H groups in total. The van der Waals surface area contributed by atoms with Crippen molar-refractivity contribution in [2.45, 2.75) is 6.10 Å². The van der Waals surface area contributed by atoms with Crippen LogP contribution in [0.3, 0.4) is 0 Å². The van der Waals surface area contributed by atoms with Gasteiger partial charge in [0.25, 0.3) is 0 Å². The molecule has 0 radical (unpaired) electrons. The zero-order valence-corrected chi connectivity index (χ0v) is 10.8. The molecule has 1 aliphatic heterocycles. The first kappa shape index (κ1) is 12.0. The summed E-state index contributed by atoms with van der Waals surface area (Å²) in [5.74, 6) is 0. The summed E-state index contributed by atoms with van der Waals surface area (Å²) < 4.78 is 6.89. The van der Waals surface area contributed by atoms with Crippen LogP contribution in [0.5, 0.6) is 0 Å². The van der Waals surface area contributed by atoms with Gasteiger partial charge < -0.3 is 10.5 Å². The van der Waals surface area contributed by atoms with Crippen LogP contribution in [0.15, 0.2) is 28.7 Å². The summed E-state index contributed by atoms with van der Waals surface area (Å²) in [6.45, 7) is 4.38. The zero-order chi connectivity index (χ0) is 11.4. The smallest absolute Gasteiger partial charge is 0.0952 e. The van der Waals surface area contributed by atoms with E-state index in [1.807, 2.05) is 12.1 Å². The molecule has 1 unspecified atom stereocenters. The maximum Gasteiger partial charge on any atom is 0.0952 e. The molecule has 1 saturated heterocycles. The van der Waals surface area contributed by atoms with Crippen molar-refractivity contribution in [3.8, 4) is 0 Å². The largest absolute Gasteiger partial charge is 0.371 e. The fourth-order valence-corrected chi connectivity index (χ4v) is 2.41. The maximum atomic E-state index is 5.79. The summed E-state index contributed by atoms with van der Waals surface area (Å²) >= 11 is 3.49. The second-order valence-corrected chi connectivity index (χ2v) is 4.92. The highest BCUT2D eigenvalue weighted by molar-refractivity contribution is 9.10. The first-order valence-electron chi connectivity index (χ1n) is 5.59. The molecule has 16 heavy (non-hydrogen) atoms. The Bertz CT molecular complexity index is 344. The van der Waals surface area contributed by atoms with E-state index in [0.717, 1.165) is 30.7 Å². The third kappa shape index (κ3) is 3.04. The lowest BCUT2D eigenvalue weighted by molar-refractivity contribution is -0.0288. The Hall–Kier alpha value is -0.420. The van der Waals surface area contributed by atoms with Gasteiger partial charge in [-0.3, -0.25) is 4.90 Å². The Morgan fingerprint density at radius 2 is 2.38 bits per heavy atom. The Labute approximate surface area is 105 Å². The predicted octanol–water partition coefficient (Wildman–Crippen LogP) is 1.78. The minimum Gasteiger partial charge on any atom is -0.371 e. The fraction of sp³-hybridized carbons (Fsp3) is 0.500. The highest BCUT2D eigenvalue weighted by atomic mass is 79.9. The molecule has 1 atom stereocenters. The summed E-state index contributed by atoms with van der Waals surface area (Å²) in [6, 6.07) is 8.31. The molecule has 0 saturated carbocycles. The number of morpholine rings is 1. The molecule has 88 valence electrons. The quantitative estimate of drug-likeness (QED) is 0.920. The van der Waals surface area contributed by atoms with Gasteiger partial charge in [-0.15, -0.1) is 0 Å². The number of ether oxygens (including phenoxy) is 1. The summed E-state index contributed by atoms with van der Waals surface area (Å²) in [5.41, 5.74) is 6.81. The second kappa shape index (κ2) is 5.77. The third-order valence-corrected chi connectivity index (χ3v) is 3.31. The van der Waals surface area contributed by atoms with E-state index in [1.165, 1.54) is 5.56 Å². The maximum absolute atomic E-state index is 5.79. The van der Waals surface area contributed by atoms with E-state index in [2.05, 4.69) is 33.0 Å². The molecule has 0 spiro atoms. The van der Waals surface area contributed by atoms with Crippen LogP contribution in [0.1, 0.15) is 11.7 Å². The standard InChI is InChI=1S/C12H17BrN2O/c13-11-3-1-2-10(8-11)12-9-15(5-4-14)6-7-16-12/h1-3,8,12H,4-7,9,14H2. The summed E-state index contributed by atoms with van der Waals surface area (Å²) in [4.78, 5) is 2.36. The zero-order valence-electron chi connectivity index (χ0n) is 9.23. The highest BCUT2D eigenvalue weighted by Gasteiger charge is 2.21. The van der Waals surface area contributed by atoms with Crippen molar-refractivity contribution in [3.05, 3.63) is 34.3 Å². The van der Waals surface area contributed by atoms with Crippen LogP contribution in [-0.4, -0.2) is 37.7 Å². The second-order valence-electron chi connectivity index (χ2n) is 4.00. The van der Waals surface area contributed by atoms with Gasteiger partial charge in [0.1, 0.15) is 0 Å². The van der Waals surface area contributed by atoms with Crippen LogP contribution < -0.4 is 5.73 Å². The Balaban J connectivity index is 2.03. The van der Waals surface area contributed by atoms with Gasteiger partial charge in [-0.2, -0.15) is 0 Å². The van der Waals surface area contributed by atoms with Crippen LogP contribution >= 0.6 is 15.9 Å². The molecule has 0 aromatic heterocycles. The van der Waals surface area contributed by atoms with Gasteiger partial charge in [0.2, 0.25) is 0 Å². The summed E-state index contributed by atoms with van der Waals surface area (Å²) in [6.07, 6.45) is 0.179. The number of rotatable bonds is 3. The van der Waals surface area contributed by atoms with Crippen LogP contribution in [-0.2, 0) is 4.74 Å². The lowest BCUT2D eigenvalue weighted by Gasteiger charge is -2.32. The Morgan fingerprint density at radius 1 is 1.50 bits per heavy atom. The van der Waals surface area contributed by atoms with Gasteiger partial charge in [-0.25, -0.2) is 0 Å². The monoisotopic (exact) mass is 284 g/mol. The molecule has 1 aromatic rings. The van der Waals surface area contributed by atoms with Gasteiger partial charge in [-0.05, 0) is 17.7 Å². The van der Waals surface area contributed by atoms with Crippen molar-refractivity contribution < 1.29 is 4.74 Å². The molecule has 1 aromatic carbocycles.